The fourth-order valence-corrected chi connectivity index (χ4v) is 3.11. The second-order valence-corrected chi connectivity index (χ2v) is 6.32. The molecule has 0 unspecified atom stereocenters. The third kappa shape index (κ3) is 3.75. The molecule has 0 bridgehead atoms. The molecule has 4 rings (SSSR count). The van der Waals surface area contributed by atoms with Gasteiger partial charge in [0.05, 0.1) is 30.6 Å². The molecule has 0 spiro atoms. The van der Waals surface area contributed by atoms with Gasteiger partial charge in [0.2, 0.25) is 5.91 Å². The molecule has 1 aliphatic heterocycles. The number of carbonyl (C=O) groups excluding carboxylic acids is 1. The minimum absolute atomic E-state index is 0.0488. The number of rotatable bonds is 4. The van der Waals surface area contributed by atoms with Crippen molar-refractivity contribution in [2.75, 3.05) is 36.5 Å². The Morgan fingerprint density at radius 2 is 1.81 bits per heavy atom. The summed E-state index contributed by atoms with van der Waals surface area (Å²) in [4.78, 5) is 18.5. The number of hydrogen-bond acceptors (Lipinski definition) is 4. The Kier molecular flexibility index (Phi) is 4.72. The number of aromatic nitrogens is 2. The number of hydrogen-bond donors (Lipinski definition) is 1. The molecule has 6 nitrogen and oxygen atoms in total. The van der Waals surface area contributed by atoms with E-state index in [9.17, 15) is 13.6 Å². The number of nitrogens with one attached hydrogen (secondary N) is 1. The van der Waals surface area contributed by atoms with Crippen molar-refractivity contribution in [3.63, 3.8) is 0 Å². The lowest BCUT2D eigenvalue weighted by atomic mass is 10.2. The van der Waals surface area contributed by atoms with Gasteiger partial charge in [-0.3, -0.25) is 4.79 Å². The molecule has 1 amide bonds. The van der Waals surface area contributed by atoms with Gasteiger partial charge in [-0.15, -0.1) is 0 Å². The van der Waals surface area contributed by atoms with Crippen molar-refractivity contribution in [1.29, 1.82) is 0 Å². The number of benzene rings is 2. The number of anilines is 2. The summed E-state index contributed by atoms with van der Waals surface area (Å²) in [6.45, 7) is 3.06. The van der Waals surface area contributed by atoms with E-state index in [4.69, 9.17) is 4.74 Å². The van der Waals surface area contributed by atoms with E-state index < -0.39 is 11.6 Å². The van der Waals surface area contributed by atoms with Crippen LogP contribution in [0.5, 0.6) is 0 Å². The molecule has 2 heterocycles. The van der Waals surface area contributed by atoms with E-state index in [0.717, 1.165) is 30.9 Å². The first-order valence-corrected chi connectivity index (χ1v) is 8.62. The van der Waals surface area contributed by atoms with E-state index in [1.807, 2.05) is 24.3 Å². The van der Waals surface area contributed by atoms with Crippen LogP contribution in [-0.4, -0.2) is 41.8 Å². The molecular formula is C19H18F2N4O2. The number of ether oxygens (including phenoxy) is 1. The molecular weight excluding hydrogens is 354 g/mol. The summed E-state index contributed by atoms with van der Waals surface area (Å²) in [5.74, 6) is -2.21. The lowest BCUT2D eigenvalue weighted by Gasteiger charge is -2.28. The predicted molar refractivity (Wildman–Crippen MR) is 97.8 cm³/mol. The van der Waals surface area contributed by atoms with Gasteiger partial charge in [0, 0.05) is 36.6 Å². The summed E-state index contributed by atoms with van der Waals surface area (Å²) in [6.07, 6.45) is 1.39. The lowest BCUT2D eigenvalue weighted by molar-refractivity contribution is -0.116. The maximum Gasteiger partial charge on any atom is 0.244 e. The number of halogens is 2. The minimum atomic E-state index is -0.969. The highest BCUT2D eigenvalue weighted by atomic mass is 19.2. The first-order valence-electron chi connectivity index (χ1n) is 8.62. The van der Waals surface area contributed by atoms with Crippen molar-refractivity contribution in [2.45, 2.75) is 6.54 Å². The molecule has 8 heteroatoms. The van der Waals surface area contributed by atoms with Crippen LogP contribution in [0.15, 0.2) is 42.7 Å². The smallest absolute Gasteiger partial charge is 0.244 e. The van der Waals surface area contributed by atoms with Crippen LogP contribution in [0.2, 0.25) is 0 Å². The normalized spacial score (nSPS) is 14.5. The highest BCUT2D eigenvalue weighted by Gasteiger charge is 2.13. The van der Waals surface area contributed by atoms with Crippen LogP contribution in [-0.2, 0) is 16.1 Å². The molecule has 140 valence electrons. The van der Waals surface area contributed by atoms with Crippen LogP contribution in [0.25, 0.3) is 11.0 Å². The van der Waals surface area contributed by atoms with E-state index in [1.54, 1.807) is 0 Å². The number of amides is 1. The number of imidazole rings is 1. The molecule has 1 aliphatic rings. The Balaban J connectivity index is 1.43. The average Bonchev–Trinajstić information content (AvgIpc) is 3.05. The van der Waals surface area contributed by atoms with Gasteiger partial charge >= 0.3 is 0 Å². The fourth-order valence-electron chi connectivity index (χ4n) is 3.11. The number of fused-ring (bicyclic) bond motifs is 1. The van der Waals surface area contributed by atoms with E-state index >= 15 is 0 Å². The van der Waals surface area contributed by atoms with Gasteiger partial charge in [-0.05, 0) is 24.3 Å². The monoisotopic (exact) mass is 372 g/mol. The van der Waals surface area contributed by atoms with Crippen molar-refractivity contribution in [3.05, 3.63) is 54.4 Å². The van der Waals surface area contributed by atoms with Crippen LogP contribution in [0, 0.1) is 11.6 Å². The van der Waals surface area contributed by atoms with E-state index in [1.165, 1.54) is 10.9 Å². The van der Waals surface area contributed by atoms with Crippen LogP contribution in [0.1, 0.15) is 0 Å². The molecule has 0 aliphatic carbocycles. The number of nitrogens with zero attached hydrogens (tertiary/aromatic N) is 3. The third-order valence-electron chi connectivity index (χ3n) is 4.50. The molecule has 1 N–H and O–H groups in total. The maximum atomic E-state index is 13.5. The van der Waals surface area contributed by atoms with Crippen molar-refractivity contribution in [2.24, 2.45) is 0 Å². The molecule has 1 aromatic heterocycles. The van der Waals surface area contributed by atoms with Crippen molar-refractivity contribution in [1.82, 2.24) is 9.55 Å². The van der Waals surface area contributed by atoms with E-state index in [2.05, 4.69) is 15.2 Å². The Bertz CT molecular complexity index is 966. The largest absolute Gasteiger partial charge is 0.378 e. The molecule has 2 aromatic carbocycles. The van der Waals surface area contributed by atoms with Gasteiger partial charge in [-0.25, -0.2) is 13.8 Å². The van der Waals surface area contributed by atoms with E-state index in [0.29, 0.717) is 29.9 Å². The summed E-state index contributed by atoms with van der Waals surface area (Å²) >= 11 is 0. The molecule has 0 saturated carbocycles. The summed E-state index contributed by atoms with van der Waals surface area (Å²) in [7, 11) is 0. The van der Waals surface area contributed by atoms with Gasteiger partial charge in [-0.2, -0.15) is 0 Å². The van der Waals surface area contributed by atoms with Crippen LogP contribution in [0.3, 0.4) is 0 Å². The van der Waals surface area contributed by atoms with E-state index in [-0.39, 0.29) is 12.5 Å². The van der Waals surface area contributed by atoms with Gasteiger partial charge in [0.25, 0.3) is 0 Å². The molecule has 0 radical (unpaired) electrons. The Labute approximate surface area is 154 Å². The highest BCUT2D eigenvalue weighted by Crippen LogP contribution is 2.20. The molecule has 27 heavy (non-hydrogen) atoms. The van der Waals surface area contributed by atoms with Gasteiger partial charge in [-0.1, -0.05) is 0 Å². The predicted octanol–water partition coefficient (Wildman–Crippen LogP) is 2.79. The Morgan fingerprint density at radius 1 is 1.11 bits per heavy atom. The second kappa shape index (κ2) is 7.32. The number of morpholine rings is 1. The van der Waals surface area contributed by atoms with Gasteiger partial charge < -0.3 is 19.5 Å². The molecule has 1 fully saturated rings. The highest BCUT2D eigenvalue weighted by molar-refractivity contribution is 5.91. The fraction of sp³-hybridized carbons (Fsp3) is 0.263. The Hall–Kier alpha value is -3.00. The number of carbonyl (C=O) groups is 1. The van der Waals surface area contributed by atoms with Crippen LogP contribution < -0.4 is 10.2 Å². The summed E-state index contributed by atoms with van der Waals surface area (Å²) < 4.78 is 33.5. The lowest BCUT2D eigenvalue weighted by Crippen LogP contribution is -2.36. The topological polar surface area (TPSA) is 59.4 Å². The molecule has 0 atom stereocenters. The SMILES string of the molecule is O=C(Cn1cnc2cc(F)c(F)cc21)Nc1ccc(N2CCOCC2)cc1. The zero-order valence-corrected chi connectivity index (χ0v) is 14.5. The third-order valence-corrected chi connectivity index (χ3v) is 4.50. The van der Waals surface area contributed by atoms with Crippen LogP contribution >= 0.6 is 0 Å². The first-order chi connectivity index (χ1) is 13.1. The zero-order valence-electron chi connectivity index (χ0n) is 14.5. The average molecular weight is 372 g/mol. The summed E-state index contributed by atoms with van der Waals surface area (Å²) in [5, 5.41) is 2.80. The van der Waals surface area contributed by atoms with Crippen molar-refractivity contribution in [3.8, 4) is 0 Å². The summed E-state index contributed by atoms with van der Waals surface area (Å²) in [5.41, 5.74) is 2.41. The van der Waals surface area contributed by atoms with Crippen LogP contribution in [0.4, 0.5) is 20.2 Å². The van der Waals surface area contributed by atoms with Crippen molar-refractivity contribution >= 4 is 28.3 Å². The second-order valence-electron chi connectivity index (χ2n) is 6.32. The minimum Gasteiger partial charge on any atom is -0.378 e. The van der Waals surface area contributed by atoms with Gasteiger partial charge in [0.15, 0.2) is 11.6 Å². The first kappa shape index (κ1) is 17.4. The Morgan fingerprint density at radius 3 is 2.56 bits per heavy atom. The molecule has 3 aromatic rings. The van der Waals surface area contributed by atoms with Crippen molar-refractivity contribution < 1.29 is 18.3 Å². The maximum absolute atomic E-state index is 13.5. The van der Waals surface area contributed by atoms with Gasteiger partial charge in [0.1, 0.15) is 6.54 Å². The zero-order chi connectivity index (χ0) is 18.8. The molecule has 1 saturated heterocycles. The standard InChI is InChI=1S/C19H18F2N4O2/c20-15-9-17-18(10-16(15)21)25(12-22-17)11-19(26)23-13-1-3-14(4-2-13)24-5-7-27-8-6-24/h1-4,9-10,12H,5-8,11H2,(H,23,26). The quantitative estimate of drug-likeness (QED) is 0.765. The summed E-state index contributed by atoms with van der Waals surface area (Å²) in [6, 6.07) is 9.64.